The third kappa shape index (κ3) is 6.01. The molecule has 152 valence electrons. The molecule has 0 fully saturated rings. The molecule has 3 aromatic rings. The molecule has 0 N–H and O–H groups in total. The van der Waals surface area contributed by atoms with Gasteiger partial charge in [-0.1, -0.05) is 31.0 Å². The fourth-order valence-corrected chi connectivity index (χ4v) is 2.96. The highest BCUT2D eigenvalue weighted by molar-refractivity contribution is 5.96. The van der Waals surface area contributed by atoms with Gasteiger partial charge in [0.2, 0.25) is 0 Å². The number of hydrogen-bond donors (Lipinski definition) is 0. The highest BCUT2D eigenvalue weighted by Crippen LogP contribution is 2.29. The molecule has 1 aromatic carbocycles. The molecule has 7 heteroatoms. The molecule has 0 aliphatic heterocycles. The van der Waals surface area contributed by atoms with Crippen LogP contribution in [0.2, 0.25) is 0 Å². The van der Waals surface area contributed by atoms with Gasteiger partial charge in [0.15, 0.2) is 17.4 Å². The van der Waals surface area contributed by atoms with Crippen molar-refractivity contribution in [2.75, 3.05) is 0 Å². The fraction of sp³-hybridized carbons (Fsp3) is 0.318. The minimum Gasteiger partial charge on any atom is -0.439 e. The van der Waals surface area contributed by atoms with Crippen LogP contribution in [0, 0.1) is 0 Å². The van der Waals surface area contributed by atoms with Crippen molar-refractivity contribution in [3.63, 3.8) is 0 Å². The van der Waals surface area contributed by atoms with Gasteiger partial charge in [-0.05, 0) is 37.1 Å². The Morgan fingerprint density at radius 2 is 1.69 bits per heavy atom. The molecule has 29 heavy (non-hydrogen) atoms. The minimum atomic E-state index is -4.39. The summed E-state index contributed by atoms with van der Waals surface area (Å²) in [5, 5.41) is 0. The van der Waals surface area contributed by atoms with E-state index in [0.29, 0.717) is 36.5 Å². The van der Waals surface area contributed by atoms with E-state index in [1.54, 1.807) is 12.4 Å². The molecule has 0 aliphatic rings. The molecule has 0 radical (unpaired) electrons. The first-order valence-electron chi connectivity index (χ1n) is 9.50. The number of oxazole rings is 1. The molecule has 0 bridgehead atoms. The van der Waals surface area contributed by atoms with E-state index < -0.39 is 11.7 Å². The van der Waals surface area contributed by atoms with Crippen LogP contribution < -0.4 is 0 Å². The summed E-state index contributed by atoms with van der Waals surface area (Å²) in [6, 6.07) is 9.96. The standard InChI is InChI=1S/C22H21F3N2O2/c23-22(24,25)17-12-10-16(11-13-17)19(28)8-3-1-2-4-9-21-27-15-20(29-21)18-7-5-6-14-26-18/h5-7,10-15H,1-4,8-9H2. The highest BCUT2D eigenvalue weighted by atomic mass is 19.4. The fourth-order valence-electron chi connectivity index (χ4n) is 2.96. The lowest BCUT2D eigenvalue weighted by Gasteiger charge is -2.07. The van der Waals surface area contributed by atoms with E-state index >= 15 is 0 Å². The summed E-state index contributed by atoms with van der Waals surface area (Å²) in [7, 11) is 0. The maximum absolute atomic E-state index is 12.6. The van der Waals surface area contributed by atoms with Gasteiger partial charge in [0.05, 0.1) is 11.8 Å². The van der Waals surface area contributed by atoms with Crippen molar-refractivity contribution in [3.05, 3.63) is 71.9 Å². The Labute approximate surface area is 166 Å². The van der Waals surface area contributed by atoms with Gasteiger partial charge >= 0.3 is 6.18 Å². The van der Waals surface area contributed by atoms with Crippen LogP contribution in [0.15, 0.2) is 59.3 Å². The first kappa shape index (κ1) is 20.8. The first-order valence-corrected chi connectivity index (χ1v) is 9.50. The molecule has 2 aromatic heterocycles. The van der Waals surface area contributed by atoms with Crippen LogP contribution >= 0.6 is 0 Å². The van der Waals surface area contributed by atoms with Gasteiger partial charge in [0.1, 0.15) is 5.69 Å². The number of nitrogens with zero attached hydrogens (tertiary/aromatic N) is 2. The smallest absolute Gasteiger partial charge is 0.416 e. The Bertz CT molecular complexity index is 919. The highest BCUT2D eigenvalue weighted by Gasteiger charge is 2.30. The third-order valence-electron chi connectivity index (χ3n) is 4.55. The van der Waals surface area contributed by atoms with Gasteiger partial charge in [0, 0.05) is 24.6 Å². The monoisotopic (exact) mass is 402 g/mol. The molecule has 3 rings (SSSR count). The lowest BCUT2D eigenvalue weighted by molar-refractivity contribution is -0.137. The lowest BCUT2D eigenvalue weighted by Crippen LogP contribution is -2.06. The number of alkyl halides is 3. The van der Waals surface area contributed by atoms with Crippen molar-refractivity contribution in [1.29, 1.82) is 0 Å². The Balaban J connectivity index is 1.35. The Hall–Kier alpha value is -2.96. The maximum Gasteiger partial charge on any atom is 0.416 e. The number of ketones is 1. The van der Waals surface area contributed by atoms with Crippen LogP contribution in [0.25, 0.3) is 11.5 Å². The molecule has 0 saturated heterocycles. The van der Waals surface area contributed by atoms with Crippen LogP contribution in [0.4, 0.5) is 13.2 Å². The predicted octanol–water partition coefficient (Wildman–Crippen LogP) is 6.13. The van der Waals surface area contributed by atoms with E-state index in [0.717, 1.165) is 37.1 Å². The number of pyridine rings is 1. The van der Waals surface area contributed by atoms with Gasteiger partial charge in [-0.3, -0.25) is 9.78 Å². The summed E-state index contributed by atoms with van der Waals surface area (Å²) in [5.41, 5.74) is 0.319. The molecule has 0 atom stereocenters. The Morgan fingerprint density at radius 1 is 0.931 bits per heavy atom. The van der Waals surface area contributed by atoms with Crippen LogP contribution in [0.3, 0.4) is 0 Å². The van der Waals surface area contributed by atoms with Gasteiger partial charge in [0.25, 0.3) is 0 Å². The minimum absolute atomic E-state index is 0.133. The summed E-state index contributed by atoms with van der Waals surface area (Å²) in [5.74, 6) is 1.17. The molecule has 4 nitrogen and oxygen atoms in total. The second-order valence-corrected chi connectivity index (χ2v) is 6.75. The number of carbonyl (C=O) groups excluding carboxylic acids is 1. The second kappa shape index (κ2) is 9.49. The largest absolute Gasteiger partial charge is 0.439 e. The summed E-state index contributed by atoms with van der Waals surface area (Å²) in [6.45, 7) is 0. The number of rotatable bonds is 9. The molecule has 0 saturated carbocycles. The molecule has 0 unspecified atom stereocenters. The average molecular weight is 402 g/mol. The van der Waals surface area contributed by atoms with Crippen LogP contribution in [0.5, 0.6) is 0 Å². The normalized spacial score (nSPS) is 11.6. The van der Waals surface area contributed by atoms with Crippen molar-refractivity contribution >= 4 is 5.78 Å². The summed E-state index contributed by atoms with van der Waals surface area (Å²) >= 11 is 0. The number of unbranched alkanes of at least 4 members (excludes halogenated alkanes) is 3. The number of Topliss-reactive ketones (excluding diaryl/α,β-unsaturated/α-hetero) is 1. The van der Waals surface area contributed by atoms with Gasteiger partial charge < -0.3 is 4.42 Å². The summed E-state index contributed by atoms with van der Waals surface area (Å²) in [6.07, 6.45) is 3.38. The zero-order valence-electron chi connectivity index (χ0n) is 15.8. The van der Waals surface area contributed by atoms with Crippen molar-refractivity contribution in [1.82, 2.24) is 9.97 Å². The van der Waals surface area contributed by atoms with Crippen molar-refractivity contribution in [2.45, 2.75) is 44.7 Å². The van der Waals surface area contributed by atoms with Crippen molar-refractivity contribution < 1.29 is 22.4 Å². The number of benzene rings is 1. The third-order valence-corrected chi connectivity index (χ3v) is 4.55. The zero-order valence-corrected chi connectivity index (χ0v) is 15.8. The van der Waals surface area contributed by atoms with E-state index in [1.807, 2.05) is 18.2 Å². The second-order valence-electron chi connectivity index (χ2n) is 6.75. The SMILES string of the molecule is O=C(CCCCCCc1ncc(-c2ccccn2)o1)c1ccc(C(F)(F)F)cc1. The van der Waals surface area contributed by atoms with Crippen LogP contribution in [0.1, 0.15) is 53.9 Å². The molecule has 0 spiro atoms. The maximum atomic E-state index is 12.6. The van der Waals surface area contributed by atoms with E-state index in [9.17, 15) is 18.0 Å². The molecule has 0 amide bonds. The molecule has 0 aliphatic carbocycles. The Morgan fingerprint density at radius 3 is 2.38 bits per heavy atom. The first-order chi connectivity index (χ1) is 13.9. The predicted molar refractivity (Wildman–Crippen MR) is 102 cm³/mol. The number of aromatic nitrogens is 2. The quantitative estimate of drug-likeness (QED) is 0.319. The lowest BCUT2D eigenvalue weighted by atomic mass is 10.0. The summed E-state index contributed by atoms with van der Waals surface area (Å²) < 4.78 is 43.4. The number of carbonyl (C=O) groups is 1. The van der Waals surface area contributed by atoms with E-state index in [1.165, 1.54) is 12.1 Å². The van der Waals surface area contributed by atoms with E-state index in [-0.39, 0.29) is 5.78 Å². The van der Waals surface area contributed by atoms with Gasteiger partial charge in [-0.15, -0.1) is 0 Å². The van der Waals surface area contributed by atoms with Gasteiger partial charge in [-0.2, -0.15) is 13.2 Å². The van der Waals surface area contributed by atoms with Crippen LogP contribution in [-0.2, 0) is 12.6 Å². The van der Waals surface area contributed by atoms with Crippen LogP contribution in [-0.4, -0.2) is 15.8 Å². The molecule has 2 heterocycles. The zero-order chi connectivity index (χ0) is 20.7. The number of halogens is 3. The number of hydrogen-bond acceptors (Lipinski definition) is 4. The summed E-state index contributed by atoms with van der Waals surface area (Å²) in [4.78, 5) is 20.6. The van der Waals surface area contributed by atoms with Crippen molar-refractivity contribution in [2.24, 2.45) is 0 Å². The molecular weight excluding hydrogens is 381 g/mol. The van der Waals surface area contributed by atoms with Gasteiger partial charge in [-0.25, -0.2) is 4.98 Å². The Kier molecular flexibility index (Phi) is 6.80. The topological polar surface area (TPSA) is 56.0 Å². The molecular formula is C22H21F3N2O2. The van der Waals surface area contributed by atoms with E-state index in [4.69, 9.17) is 4.42 Å². The van der Waals surface area contributed by atoms with Crippen molar-refractivity contribution in [3.8, 4) is 11.5 Å². The van der Waals surface area contributed by atoms with E-state index in [2.05, 4.69) is 9.97 Å². The number of aryl methyl sites for hydroxylation is 1. The average Bonchev–Trinajstić information content (AvgIpc) is 3.19.